The van der Waals surface area contributed by atoms with Crippen LogP contribution in [0.2, 0.25) is 0 Å². The highest BCUT2D eigenvalue weighted by molar-refractivity contribution is 5.53. The van der Waals surface area contributed by atoms with Gasteiger partial charge in [-0.15, -0.1) is 0 Å². The summed E-state index contributed by atoms with van der Waals surface area (Å²) < 4.78 is 0. The molecule has 2 heterocycles. The average molecular weight is 230 g/mol. The standard InChI is InChI=1S/C15H22N2/c1-10-3-4-11(2)15(7-10)17-14-8-12-5-6-13(9-14)16-12/h3-4,7,12-14,16-17H,5-6,8-9H2,1-2H3. The highest BCUT2D eigenvalue weighted by Gasteiger charge is 2.33. The van der Waals surface area contributed by atoms with Gasteiger partial charge in [-0.1, -0.05) is 12.1 Å². The van der Waals surface area contributed by atoms with Crippen LogP contribution in [0.4, 0.5) is 5.69 Å². The van der Waals surface area contributed by atoms with E-state index in [-0.39, 0.29) is 0 Å². The molecule has 3 rings (SSSR count). The molecule has 1 aromatic rings. The Kier molecular flexibility index (Phi) is 2.83. The van der Waals surface area contributed by atoms with Crippen molar-refractivity contribution in [2.45, 2.75) is 57.7 Å². The van der Waals surface area contributed by atoms with Crippen LogP contribution in [0, 0.1) is 13.8 Å². The van der Waals surface area contributed by atoms with Gasteiger partial charge < -0.3 is 10.6 Å². The van der Waals surface area contributed by atoms with E-state index in [1.54, 1.807) is 0 Å². The number of hydrogen-bond donors (Lipinski definition) is 2. The molecule has 2 atom stereocenters. The van der Waals surface area contributed by atoms with Crippen LogP contribution in [0.5, 0.6) is 0 Å². The van der Waals surface area contributed by atoms with Crippen molar-refractivity contribution in [1.82, 2.24) is 5.32 Å². The largest absolute Gasteiger partial charge is 0.382 e. The van der Waals surface area contributed by atoms with Gasteiger partial charge in [-0.25, -0.2) is 0 Å². The molecule has 2 bridgehead atoms. The lowest BCUT2D eigenvalue weighted by Crippen LogP contribution is -2.43. The summed E-state index contributed by atoms with van der Waals surface area (Å²) in [5.74, 6) is 0. The number of fused-ring (bicyclic) bond motifs is 2. The topological polar surface area (TPSA) is 24.1 Å². The van der Waals surface area contributed by atoms with E-state index < -0.39 is 0 Å². The number of benzene rings is 1. The Hall–Kier alpha value is -1.02. The smallest absolute Gasteiger partial charge is 0.0374 e. The van der Waals surface area contributed by atoms with Crippen molar-refractivity contribution in [3.63, 3.8) is 0 Å². The quantitative estimate of drug-likeness (QED) is 0.816. The van der Waals surface area contributed by atoms with Crippen molar-refractivity contribution in [3.8, 4) is 0 Å². The van der Waals surface area contributed by atoms with Gasteiger partial charge in [0.25, 0.3) is 0 Å². The van der Waals surface area contributed by atoms with E-state index in [9.17, 15) is 0 Å². The van der Waals surface area contributed by atoms with Crippen LogP contribution < -0.4 is 10.6 Å². The first-order valence-corrected chi connectivity index (χ1v) is 6.80. The minimum absolute atomic E-state index is 0.661. The first-order chi connectivity index (χ1) is 8.20. The molecule has 2 saturated heterocycles. The van der Waals surface area contributed by atoms with Gasteiger partial charge in [0.05, 0.1) is 0 Å². The molecule has 2 heteroatoms. The summed E-state index contributed by atoms with van der Waals surface area (Å²) in [7, 11) is 0. The van der Waals surface area contributed by atoms with Crippen LogP contribution in [-0.2, 0) is 0 Å². The average Bonchev–Trinajstić information content (AvgIpc) is 2.63. The SMILES string of the molecule is Cc1ccc(C)c(NC2CC3CCC(C2)N3)c1. The second kappa shape index (κ2) is 4.34. The van der Waals surface area contributed by atoms with Crippen molar-refractivity contribution < 1.29 is 0 Å². The van der Waals surface area contributed by atoms with Crippen molar-refractivity contribution in [1.29, 1.82) is 0 Å². The fourth-order valence-electron chi connectivity index (χ4n) is 3.29. The molecule has 2 nitrogen and oxygen atoms in total. The van der Waals surface area contributed by atoms with Crippen LogP contribution in [0.1, 0.15) is 36.8 Å². The summed E-state index contributed by atoms with van der Waals surface area (Å²) in [5.41, 5.74) is 4.03. The monoisotopic (exact) mass is 230 g/mol. The second-order valence-electron chi connectivity index (χ2n) is 5.77. The molecule has 0 spiro atoms. The first-order valence-electron chi connectivity index (χ1n) is 6.80. The Balaban J connectivity index is 1.72. The summed E-state index contributed by atoms with van der Waals surface area (Å²) in [6, 6.07) is 8.86. The summed E-state index contributed by atoms with van der Waals surface area (Å²) in [5, 5.41) is 7.44. The number of nitrogens with one attached hydrogen (secondary N) is 2. The Morgan fingerprint density at radius 3 is 2.53 bits per heavy atom. The van der Waals surface area contributed by atoms with Crippen LogP contribution in [0.25, 0.3) is 0 Å². The zero-order valence-corrected chi connectivity index (χ0v) is 10.8. The third-order valence-electron chi connectivity index (χ3n) is 4.23. The van der Waals surface area contributed by atoms with Crippen molar-refractivity contribution in [3.05, 3.63) is 29.3 Å². The Labute approximate surface area is 104 Å². The maximum atomic E-state index is 3.75. The van der Waals surface area contributed by atoms with Crippen molar-refractivity contribution >= 4 is 5.69 Å². The molecule has 0 aliphatic carbocycles. The number of rotatable bonds is 2. The maximum Gasteiger partial charge on any atom is 0.0374 e. The predicted octanol–water partition coefficient (Wildman–Crippen LogP) is 3.00. The molecular weight excluding hydrogens is 208 g/mol. The highest BCUT2D eigenvalue weighted by atomic mass is 15.0. The van der Waals surface area contributed by atoms with E-state index in [2.05, 4.69) is 42.7 Å². The van der Waals surface area contributed by atoms with Gasteiger partial charge in [-0.05, 0) is 56.7 Å². The summed E-state index contributed by atoms with van der Waals surface area (Å²) in [6.07, 6.45) is 5.30. The van der Waals surface area contributed by atoms with Gasteiger partial charge in [0, 0.05) is 23.8 Å². The summed E-state index contributed by atoms with van der Waals surface area (Å²) >= 11 is 0. The van der Waals surface area contributed by atoms with E-state index in [1.807, 2.05) is 0 Å². The molecular formula is C15H22N2. The fourth-order valence-corrected chi connectivity index (χ4v) is 3.29. The second-order valence-corrected chi connectivity index (χ2v) is 5.77. The van der Waals surface area contributed by atoms with E-state index >= 15 is 0 Å². The van der Waals surface area contributed by atoms with Gasteiger partial charge >= 0.3 is 0 Å². The van der Waals surface area contributed by atoms with Gasteiger partial charge in [-0.3, -0.25) is 0 Å². The lowest BCUT2D eigenvalue weighted by molar-refractivity contribution is 0.378. The lowest BCUT2D eigenvalue weighted by Gasteiger charge is -2.31. The first kappa shape index (κ1) is 11.1. The highest BCUT2D eigenvalue weighted by Crippen LogP contribution is 2.29. The van der Waals surface area contributed by atoms with Crippen LogP contribution in [0.15, 0.2) is 18.2 Å². The van der Waals surface area contributed by atoms with E-state index in [1.165, 1.54) is 42.5 Å². The van der Waals surface area contributed by atoms with Gasteiger partial charge in [0.2, 0.25) is 0 Å². The zero-order chi connectivity index (χ0) is 11.8. The molecule has 2 unspecified atom stereocenters. The molecule has 0 amide bonds. The lowest BCUT2D eigenvalue weighted by atomic mass is 9.99. The number of piperidine rings is 1. The van der Waals surface area contributed by atoms with E-state index in [0.717, 1.165) is 12.1 Å². The third-order valence-corrected chi connectivity index (χ3v) is 4.23. The van der Waals surface area contributed by atoms with Crippen LogP contribution in [-0.4, -0.2) is 18.1 Å². The Morgan fingerprint density at radius 1 is 1.12 bits per heavy atom. The normalized spacial score (nSPS) is 31.5. The van der Waals surface area contributed by atoms with E-state index in [0.29, 0.717) is 6.04 Å². The fraction of sp³-hybridized carbons (Fsp3) is 0.600. The van der Waals surface area contributed by atoms with Gasteiger partial charge in [0.15, 0.2) is 0 Å². The number of aryl methyl sites for hydroxylation is 2. The molecule has 1 aromatic carbocycles. The molecule has 0 radical (unpaired) electrons. The minimum Gasteiger partial charge on any atom is -0.382 e. The minimum atomic E-state index is 0.661. The van der Waals surface area contributed by atoms with Crippen molar-refractivity contribution in [2.24, 2.45) is 0 Å². The molecule has 0 saturated carbocycles. The molecule has 2 fully saturated rings. The Morgan fingerprint density at radius 2 is 1.82 bits per heavy atom. The maximum absolute atomic E-state index is 3.75. The molecule has 92 valence electrons. The van der Waals surface area contributed by atoms with Crippen LogP contribution >= 0.6 is 0 Å². The van der Waals surface area contributed by atoms with Crippen molar-refractivity contribution in [2.75, 3.05) is 5.32 Å². The summed E-state index contributed by atoms with van der Waals surface area (Å²) in [4.78, 5) is 0. The Bertz CT molecular complexity index is 401. The van der Waals surface area contributed by atoms with E-state index in [4.69, 9.17) is 0 Å². The van der Waals surface area contributed by atoms with Gasteiger partial charge in [-0.2, -0.15) is 0 Å². The molecule has 2 aliphatic heterocycles. The molecule has 0 aromatic heterocycles. The third kappa shape index (κ3) is 2.32. The number of anilines is 1. The molecule has 2 N–H and O–H groups in total. The predicted molar refractivity (Wildman–Crippen MR) is 72.5 cm³/mol. The van der Waals surface area contributed by atoms with Gasteiger partial charge in [0.1, 0.15) is 0 Å². The van der Waals surface area contributed by atoms with Crippen LogP contribution in [0.3, 0.4) is 0 Å². The number of hydrogen-bond acceptors (Lipinski definition) is 2. The molecule has 17 heavy (non-hydrogen) atoms. The zero-order valence-electron chi connectivity index (χ0n) is 10.8. The molecule has 2 aliphatic rings. The summed E-state index contributed by atoms with van der Waals surface area (Å²) in [6.45, 7) is 4.36.